The number of amides is 1. The van der Waals surface area contributed by atoms with Gasteiger partial charge in [-0.15, -0.1) is 0 Å². The van der Waals surface area contributed by atoms with E-state index in [4.69, 9.17) is 5.26 Å². The fourth-order valence-electron chi connectivity index (χ4n) is 1.69. The maximum absolute atomic E-state index is 12.2. The van der Waals surface area contributed by atoms with Crippen molar-refractivity contribution in [2.45, 2.75) is 19.4 Å². The molecule has 0 bridgehead atoms. The Hall–Kier alpha value is -1.39. The fourth-order valence-corrected chi connectivity index (χ4v) is 2.98. The Morgan fingerprint density at radius 2 is 1.90 bits per heavy atom. The number of carbonyl (C=O) groups is 2. The van der Waals surface area contributed by atoms with E-state index in [0.29, 0.717) is 5.56 Å². The minimum absolute atomic E-state index is 0.198. The number of methoxy groups -OCH3 is 1. The van der Waals surface area contributed by atoms with Gasteiger partial charge >= 0.3 is 5.97 Å². The first-order chi connectivity index (χ1) is 9.87. The highest BCUT2D eigenvalue weighted by molar-refractivity contribution is 9.11. The average molecular weight is 418 g/mol. The van der Waals surface area contributed by atoms with Gasteiger partial charge in [-0.3, -0.25) is 4.79 Å². The van der Waals surface area contributed by atoms with Crippen LogP contribution in [0.5, 0.6) is 0 Å². The first kappa shape index (κ1) is 17.7. The zero-order valence-electron chi connectivity index (χ0n) is 11.5. The number of carbonyl (C=O) groups excluding carboxylic acids is 2. The van der Waals surface area contributed by atoms with Crippen LogP contribution in [-0.4, -0.2) is 25.0 Å². The maximum Gasteiger partial charge on any atom is 0.328 e. The molecule has 0 aromatic heterocycles. The van der Waals surface area contributed by atoms with Crippen molar-refractivity contribution in [3.05, 3.63) is 32.7 Å². The summed E-state index contributed by atoms with van der Waals surface area (Å²) in [6.07, 6.45) is 0.198. The highest BCUT2D eigenvalue weighted by Gasteiger charge is 2.24. The smallest absolute Gasteiger partial charge is 0.328 e. The van der Waals surface area contributed by atoms with Gasteiger partial charge in [0, 0.05) is 20.4 Å². The lowest BCUT2D eigenvalue weighted by Gasteiger charge is -2.17. The highest BCUT2D eigenvalue weighted by Crippen LogP contribution is 2.20. The van der Waals surface area contributed by atoms with Crippen molar-refractivity contribution in [1.82, 2.24) is 5.32 Å². The lowest BCUT2D eigenvalue weighted by atomic mass is 10.0. The first-order valence-electron chi connectivity index (χ1n) is 6.11. The predicted molar refractivity (Wildman–Crippen MR) is 84.5 cm³/mol. The molecule has 0 spiro atoms. The monoisotopic (exact) mass is 416 g/mol. The first-order valence-corrected chi connectivity index (χ1v) is 7.70. The van der Waals surface area contributed by atoms with Crippen LogP contribution in [0.2, 0.25) is 0 Å². The topological polar surface area (TPSA) is 79.2 Å². The third-order valence-electron chi connectivity index (χ3n) is 2.73. The number of hydrogen-bond donors (Lipinski definition) is 1. The Morgan fingerprint density at radius 1 is 1.33 bits per heavy atom. The maximum atomic E-state index is 12.2. The van der Waals surface area contributed by atoms with Crippen LogP contribution in [0.15, 0.2) is 27.1 Å². The number of nitrogens with one attached hydrogen (secondary N) is 1. The number of nitrogens with zero attached hydrogens (tertiary/aromatic N) is 1. The van der Waals surface area contributed by atoms with E-state index in [0.717, 1.165) is 8.95 Å². The number of rotatable bonds is 5. The summed E-state index contributed by atoms with van der Waals surface area (Å²) in [5, 5.41) is 11.4. The molecule has 112 valence electrons. The molecule has 21 heavy (non-hydrogen) atoms. The molecule has 5 nitrogen and oxygen atoms in total. The van der Waals surface area contributed by atoms with Gasteiger partial charge in [0.1, 0.15) is 6.04 Å². The largest absolute Gasteiger partial charge is 0.467 e. The Morgan fingerprint density at radius 3 is 2.38 bits per heavy atom. The zero-order valence-corrected chi connectivity index (χ0v) is 14.7. The molecule has 0 heterocycles. The molecule has 1 N–H and O–H groups in total. The van der Waals surface area contributed by atoms with Crippen molar-refractivity contribution in [3.63, 3.8) is 0 Å². The van der Waals surface area contributed by atoms with Crippen LogP contribution in [0.1, 0.15) is 23.7 Å². The second-order valence-corrected chi connectivity index (χ2v) is 6.30. The standard InChI is InChI=1S/C14H14Br2N2O3/c1-8(7-17)3-12(14(20)21-2)18-13(19)9-4-10(15)6-11(16)5-9/h4-6,8,12H,3H2,1-2H3,(H,18,19)/t8-,12-/m0/s1. The van der Waals surface area contributed by atoms with E-state index in [-0.39, 0.29) is 12.3 Å². The molecule has 0 saturated carbocycles. The molecule has 0 unspecified atom stereocenters. The summed E-state index contributed by atoms with van der Waals surface area (Å²) in [6, 6.07) is 6.26. The van der Waals surface area contributed by atoms with Gasteiger partial charge in [-0.1, -0.05) is 31.9 Å². The summed E-state index contributed by atoms with van der Waals surface area (Å²) in [7, 11) is 1.24. The number of benzene rings is 1. The number of halogens is 2. The molecule has 0 aliphatic heterocycles. The Kier molecular flexibility index (Phi) is 6.85. The minimum Gasteiger partial charge on any atom is -0.467 e. The van der Waals surface area contributed by atoms with Crippen molar-refractivity contribution in [2.24, 2.45) is 5.92 Å². The van der Waals surface area contributed by atoms with Gasteiger partial charge in [-0.2, -0.15) is 5.26 Å². The van der Waals surface area contributed by atoms with Gasteiger partial charge in [-0.25, -0.2) is 4.79 Å². The molecule has 2 atom stereocenters. The van der Waals surface area contributed by atoms with Crippen molar-refractivity contribution in [2.75, 3.05) is 7.11 Å². The molecular formula is C14H14Br2N2O3. The molecule has 7 heteroatoms. The number of ether oxygens (including phenoxy) is 1. The summed E-state index contributed by atoms with van der Waals surface area (Å²) in [5.74, 6) is -1.35. The van der Waals surface area contributed by atoms with Gasteiger partial charge in [0.15, 0.2) is 0 Å². The summed E-state index contributed by atoms with van der Waals surface area (Å²) >= 11 is 6.59. The van der Waals surface area contributed by atoms with Crippen LogP contribution in [0, 0.1) is 17.2 Å². The summed E-state index contributed by atoms with van der Waals surface area (Å²) in [6.45, 7) is 1.68. The van der Waals surface area contributed by atoms with Crippen molar-refractivity contribution in [3.8, 4) is 6.07 Å². The second kappa shape index (κ2) is 8.15. The molecule has 1 rings (SSSR count). The average Bonchev–Trinajstić information content (AvgIpc) is 2.44. The van der Waals surface area contributed by atoms with E-state index in [2.05, 4.69) is 41.9 Å². The van der Waals surface area contributed by atoms with Crippen LogP contribution in [0.25, 0.3) is 0 Å². The lowest BCUT2D eigenvalue weighted by Crippen LogP contribution is -2.42. The molecule has 0 saturated heterocycles. The van der Waals surface area contributed by atoms with Gasteiger partial charge < -0.3 is 10.1 Å². The van der Waals surface area contributed by atoms with Gasteiger partial charge in [-0.05, 0) is 31.5 Å². The van der Waals surface area contributed by atoms with Crippen molar-refractivity contribution in [1.29, 1.82) is 5.26 Å². The van der Waals surface area contributed by atoms with Crippen LogP contribution in [0.3, 0.4) is 0 Å². The summed E-state index contributed by atoms with van der Waals surface area (Å²) in [5.41, 5.74) is 0.398. The van der Waals surface area contributed by atoms with E-state index >= 15 is 0 Å². The van der Waals surface area contributed by atoms with Crippen LogP contribution in [-0.2, 0) is 9.53 Å². The molecule has 1 aromatic rings. The van der Waals surface area contributed by atoms with Crippen LogP contribution < -0.4 is 5.32 Å². The second-order valence-electron chi connectivity index (χ2n) is 4.47. The van der Waals surface area contributed by atoms with E-state index < -0.39 is 17.9 Å². The SMILES string of the molecule is COC(=O)[C@H](C[C@H](C)C#N)NC(=O)c1cc(Br)cc(Br)c1. The third kappa shape index (κ3) is 5.48. The predicted octanol–water partition coefficient (Wildman–Crippen LogP) is 3.03. The van der Waals surface area contributed by atoms with E-state index in [9.17, 15) is 9.59 Å². The normalized spacial score (nSPS) is 12.9. The van der Waals surface area contributed by atoms with Gasteiger partial charge in [0.05, 0.1) is 13.2 Å². The molecule has 0 fully saturated rings. The summed E-state index contributed by atoms with van der Waals surface area (Å²) in [4.78, 5) is 23.9. The van der Waals surface area contributed by atoms with E-state index in [1.807, 2.05) is 6.07 Å². The Bertz CT molecular complexity index is 564. The highest BCUT2D eigenvalue weighted by atomic mass is 79.9. The summed E-state index contributed by atoms with van der Waals surface area (Å²) < 4.78 is 6.14. The van der Waals surface area contributed by atoms with E-state index in [1.54, 1.807) is 25.1 Å². The van der Waals surface area contributed by atoms with E-state index in [1.165, 1.54) is 7.11 Å². The molecule has 0 radical (unpaired) electrons. The van der Waals surface area contributed by atoms with Crippen LogP contribution in [0.4, 0.5) is 0 Å². The molecular weight excluding hydrogens is 404 g/mol. The molecule has 0 aliphatic rings. The van der Waals surface area contributed by atoms with Crippen LogP contribution >= 0.6 is 31.9 Å². The molecule has 1 amide bonds. The van der Waals surface area contributed by atoms with Crippen molar-refractivity contribution < 1.29 is 14.3 Å². The zero-order chi connectivity index (χ0) is 16.0. The molecule has 1 aromatic carbocycles. The molecule has 0 aliphatic carbocycles. The Labute approximate surface area is 139 Å². The lowest BCUT2D eigenvalue weighted by molar-refractivity contribution is -0.143. The number of esters is 1. The Balaban J connectivity index is 2.89. The third-order valence-corrected chi connectivity index (χ3v) is 3.64. The number of nitriles is 1. The van der Waals surface area contributed by atoms with Gasteiger partial charge in [0.2, 0.25) is 0 Å². The van der Waals surface area contributed by atoms with Crippen molar-refractivity contribution >= 4 is 43.7 Å². The minimum atomic E-state index is -0.852. The quantitative estimate of drug-likeness (QED) is 0.746. The number of hydrogen-bond acceptors (Lipinski definition) is 4. The van der Waals surface area contributed by atoms with Gasteiger partial charge in [0.25, 0.3) is 5.91 Å². The fraction of sp³-hybridized carbons (Fsp3) is 0.357.